The van der Waals surface area contributed by atoms with Crippen LogP contribution in [0.1, 0.15) is 58.4 Å². The number of nitrogens with zero attached hydrogens (tertiary/aromatic N) is 1. The third-order valence-electron chi connectivity index (χ3n) is 7.78. The second-order valence-electron chi connectivity index (χ2n) is 11.0. The van der Waals surface area contributed by atoms with Crippen LogP contribution in [0.2, 0.25) is 0 Å². The van der Waals surface area contributed by atoms with Crippen LogP contribution in [0, 0.1) is 23.7 Å². The smallest absolute Gasteiger partial charge is 0.408 e. The van der Waals surface area contributed by atoms with E-state index in [-0.39, 0.29) is 0 Å². The minimum atomic E-state index is -0.975. The number of nitrogens with one attached hydrogen (secondary N) is 1. The van der Waals surface area contributed by atoms with Crippen molar-refractivity contribution in [2.24, 2.45) is 23.7 Å². The van der Waals surface area contributed by atoms with Gasteiger partial charge in [-0.15, -0.1) is 0 Å². The SMILES string of the molecule is CC(C)(C)N(C(=O)O)[C@@H](Cc1ccccc1)[C@H](O)CNC1C2CC3CC(C2)CC1C3. The fourth-order valence-electron chi connectivity index (χ4n) is 6.83. The lowest BCUT2D eigenvalue weighted by atomic mass is 9.54. The number of benzene rings is 1. The van der Waals surface area contributed by atoms with E-state index in [4.69, 9.17) is 0 Å². The van der Waals surface area contributed by atoms with Gasteiger partial charge in [-0.1, -0.05) is 30.3 Å². The molecule has 3 N–H and O–H groups in total. The third-order valence-corrected chi connectivity index (χ3v) is 7.78. The van der Waals surface area contributed by atoms with E-state index >= 15 is 0 Å². The van der Waals surface area contributed by atoms with Crippen LogP contribution in [0.5, 0.6) is 0 Å². The Morgan fingerprint density at radius 2 is 1.63 bits per heavy atom. The maximum absolute atomic E-state index is 12.2. The fourth-order valence-corrected chi connectivity index (χ4v) is 6.83. The van der Waals surface area contributed by atoms with Crippen LogP contribution < -0.4 is 5.32 Å². The molecule has 0 unspecified atom stereocenters. The molecular weight excluding hydrogens is 376 g/mol. The highest BCUT2D eigenvalue weighted by atomic mass is 16.4. The van der Waals surface area contributed by atoms with E-state index in [1.54, 1.807) is 0 Å². The molecule has 0 spiro atoms. The molecule has 4 fully saturated rings. The molecule has 5 nitrogen and oxygen atoms in total. The largest absolute Gasteiger partial charge is 0.465 e. The number of rotatable bonds is 7. The second kappa shape index (κ2) is 8.51. The number of carbonyl (C=O) groups is 1. The molecule has 1 aromatic carbocycles. The highest BCUT2D eigenvalue weighted by Gasteiger charge is 2.48. The molecule has 0 aromatic heterocycles. The summed E-state index contributed by atoms with van der Waals surface area (Å²) in [5.74, 6) is 3.31. The zero-order valence-corrected chi connectivity index (χ0v) is 18.6. The Morgan fingerprint density at radius 1 is 1.07 bits per heavy atom. The van der Waals surface area contributed by atoms with Gasteiger partial charge < -0.3 is 15.5 Å². The normalized spacial score (nSPS) is 32.1. The molecule has 0 heterocycles. The van der Waals surface area contributed by atoms with E-state index in [1.807, 2.05) is 51.1 Å². The van der Waals surface area contributed by atoms with Gasteiger partial charge in [-0.25, -0.2) is 4.79 Å². The van der Waals surface area contributed by atoms with Crippen molar-refractivity contribution < 1.29 is 15.0 Å². The first-order valence-electron chi connectivity index (χ1n) is 11.7. The van der Waals surface area contributed by atoms with Gasteiger partial charge in [-0.2, -0.15) is 0 Å². The van der Waals surface area contributed by atoms with Gasteiger partial charge >= 0.3 is 6.09 Å². The van der Waals surface area contributed by atoms with Gasteiger partial charge in [0.1, 0.15) is 0 Å². The van der Waals surface area contributed by atoms with Crippen molar-refractivity contribution in [3.63, 3.8) is 0 Å². The number of aliphatic hydroxyl groups is 1. The van der Waals surface area contributed by atoms with Gasteiger partial charge in [0.15, 0.2) is 0 Å². The van der Waals surface area contributed by atoms with Gasteiger partial charge in [-0.05, 0) is 88.5 Å². The van der Waals surface area contributed by atoms with E-state index in [9.17, 15) is 15.0 Å². The van der Waals surface area contributed by atoms with Gasteiger partial charge in [-0.3, -0.25) is 4.90 Å². The van der Waals surface area contributed by atoms with Gasteiger partial charge in [0.2, 0.25) is 0 Å². The second-order valence-corrected chi connectivity index (χ2v) is 11.0. The Balaban J connectivity index is 1.47. The third kappa shape index (κ3) is 4.52. The topological polar surface area (TPSA) is 72.8 Å². The molecule has 30 heavy (non-hydrogen) atoms. The predicted octanol–water partition coefficient (Wildman–Crippen LogP) is 4.15. The lowest BCUT2D eigenvalue weighted by Crippen LogP contribution is -2.60. The molecule has 5 rings (SSSR count). The molecular formula is C25H38N2O3. The van der Waals surface area contributed by atoms with E-state index in [2.05, 4.69) is 5.32 Å². The van der Waals surface area contributed by atoms with Crippen molar-refractivity contribution in [2.75, 3.05) is 6.54 Å². The summed E-state index contributed by atoms with van der Waals surface area (Å²) in [6, 6.07) is 9.90. The Kier molecular flexibility index (Phi) is 6.13. The van der Waals surface area contributed by atoms with Crippen molar-refractivity contribution in [1.82, 2.24) is 10.2 Å². The number of carboxylic acid groups (broad SMARTS) is 1. The quantitative estimate of drug-likeness (QED) is 0.627. The molecule has 0 aliphatic heterocycles. The Labute approximate surface area is 180 Å². The average Bonchev–Trinajstić information content (AvgIpc) is 2.65. The lowest BCUT2D eigenvalue weighted by Gasteiger charge is -2.55. The first kappa shape index (κ1) is 21.6. The van der Waals surface area contributed by atoms with E-state index in [1.165, 1.54) is 37.0 Å². The summed E-state index contributed by atoms with van der Waals surface area (Å²) in [6.07, 6.45) is 5.54. The summed E-state index contributed by atoms with van der Waals surface area (Å²) in [5.41, 5.74) is 0.459. The van der Waals surface area contributed by atoms with E-state index in [0.29, 0.717) is 19.0 Å². The van der Waals surface area contributed by atoms with Crippen LogP contribution in [0.15, 0.2) is 30.3 Å². The van der Waals surface area contributed by atoms with Crippen LogP contribution in [-0.2, 0) is 6.42 Å². The van der Waals surface area contributed by atoms with Crippen LogP contribution >= 0.6 is 0 Å². The lowest BCUT2D eigenvalue weighted by molar-refractivity contribution is -0.0269. The molecule has 1 aromatic rings. The molecule has 2 atom stereocenters. The van der Waals surface area contributed by atoms with E-state index < -0.39 is 23.8 Å². The molecule has 4 bridgehead atoms. The van der Waals surface area contributed by atoms with Crippen molar-refractivity contribution in [1.29, 1.82) is 0 Å². The molecule has 166 valence electrons. The fraction of sp³-hybridized carbons (Fsp3) is 0.720. The maximum atomic E-state index is 12.2. The Morgan fingerprint density at radius 3 is 2.13 bits per heavy atom. The number of hydrogen-bond acceptors (Lipinski definition) is 3. The van der Waals surface area contributed by atoms with E-state index in [0.717, 1.165) is 29.2 Å². The molecule has 4 aliphatic carbocycles. The highest BCUT2D eigenvalue weighted by molar-refractivity contribution is 5.66. The standard InChI is InChI=1S/C25H38N2O3/c1-25(2,3)27(24(29)30)21(14-16-7-5-4-6-8-16)22(28)15-26-23-19-10-17-9-18(12-19)13-20(23)11-17/h4-8,17-23,26,28H,9-15H2,1-3H3,(H,29,30)/t17?,18?,19?,20?,21-,22+,23?/m0/s1. The van der Waals surface area contributed by atoms with Crippen LogP contribution in [0.4, 0.5) is 4.79 Å². The highest BCUT2D eigenvalue weighted by Crippen LogP contribution is 2.53. The number of aliphatic hydroxyl groups excluding tert-OH is 1. The summed E-state index contributed by atoms with van der Waals surface area (Å²) in [5, 5.41) is 24.9. The summed E-state index contributed by atoms with van der Waals surface area (Å²) in [7, 11) is 0. The first-order valence-corrected chi connectivity index (χ1v) is 11.7. The van der Waals surface area contributed by atoms with Gasteiger partial charge in [0.25, 0.3) is 0 Å². The van der Waals surface area contributed by atoms with Crippen LogP contribution in [0.3, 0.4) is 0 Å². The Hall–Kier alpha value is -1.59. The van der Waals surface area contributed by atoms with Crippen molar-refractivity contribution in [2.45, 2.75) is 83.0 Å². The van der Waals surface area contributed by atoms with Gasteiger partial charge in [0.05, 0.1) is 12.1 Å². The zero-order valence-electron chi connectivity index (χ0n) is 18.6. The molecule has 4 saturated carbocycles. The Bertz CT molecular complexity index is 702. The maximum Gasteiger partial charge on any atom is 0.408 e. The monoisotopic (exact) mass is 414 g/mol. The van der Waals surface area contributed by atoms with Crippen LogP contribution in [-0.4, -0.2) is 51.5 Å². The van der Waals surface area contributed by atoms with Gasteiger partial charge in [0, 0.05) is 18.1 Å². The molecule has 0 radical (unpaired) electrons. The summed E-state index contributed by atoms with van der Waals surface area (Å²) >= 11 is 0. The molecule has 4 aliphatic rings. The molecule has 5 heteroatoms. The first-order chi connectivity index (χ1) is 14.2. The minimum absolute atomic E-state index is 0.449. The number of amides is 1. The number of hydrogen-bond donors (Lipinski definition) is 3. The van der Waals surface area contributed by atoms with Crippen molar-refractivity contribution >= 4 is 6.09 Å². The van der Waals surface area contributed by atoms with Crippen molar-refractivity contribution in [3.8, 4) is 0 Å². The average molecular weight is 415 g/mol. The minimum Gasteiger partial charge on any atom is -0.465 e. The summed E-state index contributed by atoms with van der Waals surface area (Å²) in [6.45, 7) is 6.15. The summed E-state index contributed by atoms with van der Waals surface area (Å²) < 4.78 is 0. The predicted molar refractivity (Wildman–Crippen MR) is 118 cm³/mol. The zero-order chi connectivity index (χ0) is 21.5. The van der Waals surface area contributed by atoms with Crippen LogP contribution in [0.25, 0.3) is 0 Å². The molecule has 1 amide bonds. The summed E-state index contributed by atoms with van der Waals surface area (Å²) in [4.78, 5) is 13.6. The van der Waals surface area contributed by atoms with Crippen molar-refractivity contribution in [3.05, 3.63) is 35.9 Å². The molecule has 0 saturated heterocycles.